The number of benzene rings is 1. The van der Waals surface area contributed by atoms with Gasteiger partial charge in [0.25, 0.3) is 5.91 Å². The van der Waals surface area contributed by atoms with E-state index in [1.807, 2.05) is 6.08 Å². The number of rotatable bonds is 8. The van der Waals surface area contributed by atoms with Crippen molar-refractivity contribution >= 4 is 23.1 Å². The molecule has 1 aromatic carbocycles. The van der Waals surface area contributed by atoms with Gasteiger partial charge in [-0.1, -0.05) is 6.08 Å². The van der Waals surface area contributed by atoms with Crippen LogP contribution in [0.3, 0.4) is 0 Å². The van der Waals surface area contributed by atoms with Crippen LogP contribution >= 0.6 is 0 Å². The molecule has 33 heavy (non-hydrogen) atoms. The van der Waals surface area contributed by atoms with E-state index in [1.54, 1.807) is 13.0 Å². The van der Waals surface area contributed by atoms with Gasteiger partial charge in [0.2, 0.25) is 5.95 Å². The molecule has 0 radical (unpaired) electrons. The average molecular weight is 455 g/mol. The number of halogens is 2. The molecule has 9 heteroatoms. The van der Waals surface area contributed by atoms with Crippen LogP contribution in [0.25, 0.3) is 0 Å². The normalized spacial score (nSPS) is 16.4. The third-order valence-corrected chi connectivity index (χ3v) is 5.76. The Bertz CT molecular complexity index is 1070. The highest BCUT2D eigenvalue weighted by Gasteiger charge is 2.33. The summed E-state index contributed by atoms with van der Waals surface area (Å²) in [5, 5.41) is 3.33. The van der Waals surface area contributed by atoms with Crippen molar-refractivity contribution < 1.29 is 13.6 Å². The van der Waals surface area contributed by atoms with E-state index in [0.717, 1.165) is 18.5 Å². The number of pyridine rings is 1. The first-order valence-electron chi connectivity index (χ1n) is 10.6. The first-order valence-corrected chi connectivity index (χ1v) is 10.6. The predicted octanol–water partition coefficient (Wildman–Crippen LogP) is 3.23. The van der Waals surface area contributed by atoms with Crippen LogP contribution < -0.4 is 21.7 Å². The van der Waals surface area contributed by atoms with Crippen molar-refractivity contribution in [3.05, 3.63) is 78.3 Å². The summed E-state index contributed by atoms with van der Waals surface area (Å²) in [6.07, 6.45) is 6.96. The van der Waals surface area contributed by atoms with Crippen molar-refractivity contribution in [3.8, 4) is 0 Å². The van der Waals surface area contributed by atoms with Gasteiger partial charge in [-0.15, -0.1) is 6.58 Å². The summed E-state index contributed by atoms with van der Waals surface area (Å²) < 4.78 is 26.6. The lowest BCUT2D eigenvalue weighted by molar-refractivity contribution is -0.114. The van der Waals surface area contributed by atoms with Gasteiger partial charge in [0.05, 0.1) is 23.1 Å². The minimum Gasteiger partial charge on any atom is -0.384 e. The average Bonchev–Trinajstić information content (AvgIpc) is 2.78. The molecule has 0 bridgehead atoms. The zero-order valence-electron chi connectivity index (χ0n) is 18.5. The van der Waals surface area contributed by atoms with Gasteiger partial charge >= 0.3 is 0 Å². The van der Waals surface area contributed by atoms with Gasteiger partial charge in [-0.25, -0.2) is 14.4 Å². The fraction of sp³-hybridized carbons (Fsp3) is 0.292. The number of carbonyl (C=O) groups is 1. The Morgan fingerprint density at radius 1 is 1.27 bits per heavy atom. The van der Waals surface area contributed by atoms with Gasteiger partial charge in [-0.3, -0.25) is 4.79 Å². The van der Waals surface area contributed by atoms with Gasteiger partial charge in [0.15, 0.2) is 0 Å². The summed E-state index contributed by atoms with van der Waals surface area (Å²) in [6.45, 7) is 6.95. The minimum absolute atomic E-state index is 0.0311. The summed E-state index contributed by atoms with van der Waals surface area (Å²) in [5.41, 5.74) is 13.0. The zero-order chi connectivity index (χ0) is 24.0. The van der Waals surface area contributed by atoms with Crippen LogP contribution in [0.4, 0.5) is 20.2 Å². The minimum atomic E-state index is -0.732. The van der Waals surface area contributed by atoms with Crippen LogP contribution in [-0.4, -0.2) is 35.4 Å². The Labute approximate surface area is 191 Å². The quantitative estimate of drug-likeness (QED) is 0.187. The number of piperidine rings is 1. The predicted molar refractivity (Wildman–Crippen MR) is 126 cm³/mol. The summed E-state index contributed by atoms with van der Waals surface area (Å²) in [4.78, 5) is 22.2. The highest BCUT2D eigenvalue weighted by Crippen LogP contribution is 2.30. The number of nitrogens with two attached hydrogens (primary N) is 2. The van der Waals surface area contributed by atoms with Crippen molar-refractivity contribution in [2.24, 2.45) is 16.5 Å². The van der Waals surface area contributed by atoms with E-state index in [1.165, 1.54) is 36.7 Å². The van der Waals surface area contributed by atoms with Gasteiger partial charge in [0.1, 0.15) is 11.7 Å². The largest absolute Gasteiger partial charge is 0.384 e. The Balaban J connectivity index is 1.77. The molecule has 0 spiro atoms. The summed E-state index contributed by atoms with van der Waals surface area (Å²) >= 11 is 0. The van der Waals surface area contributed by atoms with Crippen molar-refractivity contribution in [1.29, 1.82) is 0 Å². The number of amides is 1. The first kappa shape index (κ1) is 23.9. The van der Waals surface area contributed by atoms with Crippen molar-refractivity contribution in [2.75, 3.05) is 18.0 Å². The topological polar surface area (TPSA) is 110 Å². The van der Waals surface area contributed by atoms with E-state index in [9.17, 15) is 13.6 Å². The van der Waals surface area contributed by atoms with E-state index >= 15 is 0 Å². The van der Waals surface area contributed by atoms with Gasteiger partial charge in [-0.2, -0.15) is 4.39 Å². The van der Waals surface area contributed by atoms with E-state index in [0.29, 0.717) is 30.8 Å². The number of anilines is 1. The Kier molecular flexibility index (Phi) is 7.42. The number of nitrogens with one attached hydrogen (secondary N) is 1. The fourth-order valence-electron chi connectivity index (χ4n) is 3.80. The molecule has 1 aromatic heterocycles. The van der Waals surface area contributed by atoms with E-state index in [-0.39, 0.29) is 16.9 Å². The van der Waals surface area contributed by atoms with Crippen LogP contribution in [0.2, 0.25) is 0 Å². The van der Waals surface area contributed by atoms with Gasteiger partial charge in [-0.05, 0) is 56.5 Å². The maximum atomic E-state index is 13.5. The molecule has 0 unspecified atom stereocenters. The highest BCUT2D eigenvalue weighted by atomic mass is 19.1. The van der Waals surface area contributed by atoms with Gasteiger partial charge in [0, 0.05) is 30.4 Å². The van der Waals surface area contributed by atoms with Crippen LogP contribution in [-0.2, 0) is 4.79 Å². The smallest absolute Gasteiger partial charge is 0.253 e. The monoisotopic (exact) mass is 454 g/mol. The molecule has 1 fully saturated rings. The highest BCUT2D eigenvalue weighted by molar-refractivity contribution is 6.20. The van der Waals surface area contributed by atoms with Crippen LogP contribution in [0.15, 0.2) is 65.9 Å². The Hall–Kier alpha value is -3.75. The number of amidine groups is 1. The van der Waals surface area contributed by atoms with Gasteiger partial charge < -0.3 is 21.7 Å². The molecule has 7 nitrogen and oxygen atoms in total. The molecular formula is C24H28F2N6O. The van der Waals surface area contributed by atoms with E-state index in [2.05, 4.69) is 26.8 Å². The summed E-state index contributed by atoms with van der Waals surface area (Å²) in [5.74, 6) is -1.67. The number of aromatic nitrogens is 1. The SMILES string of the molecule is C=CCC1(N/C=C(/C(N)=O)C(N)=Nc2ccc(F)cc2)CCN(c2cnc(F)c(C)c2)CC1. The second-order valence-electron chi connectivity index (χ2n) is 8.10. The molecule has 2 heterocycles. The molecule has 0 saturated carbocycles. The van der Waals surface area contributed by atoms with Crippen LogP contribution in [0.1, 0.15) is 24.8 Å². The summed E-state index contributed by atoms with van der Waals surface area (Å²) in [6, 6.07) is 7.20. The summed E-state index contributed by atoms with van der Waals surface area (Å²) in [7, 11) is 0. The lowest BCUT2D eigenvalue weighted by Crippen LogP contribution is -2.52. The number of carbonyl (C=O) groups excluding carboxylic acids is 1. The number of primary amides is 1. The number of aryl methyl sites for hydroxylation is 1. The third kappa shape index (κ3) is 5.94. The molecule has 1 aliphatic heterocycles. The third-order valence-electron chi connectivity index (χ3n) is 5.76. The Morgan fingerprint density at radius 2 is 1.94 bits per heavy atom. The first-order chi connectivity index (χ1) is 15.7. The number of hydrogen-bond donors (Lipinski definition) is 3. The second-order valence-corrected chi connectivity index (χ2v) is 8.10. The van der Waals surface area contributed by atoms with Crippen molar-refractivity contribution in [3.63, 3.8) is 0 Å². The molecule has 2 aromatic rings. The molecule has 174 valence electrons. The van der Waals surface area contributed by atoms with E-state index < -0.39 is 17.7 Å². The standard InChI is InChI=1S/C24H28F2N6O/c1-3-8-24(9-11-32(12-10-24)19-13-16(2)21(26)29-14-19)30-15-20(23(28)33)22(27)31-18-6-4-17(25)5-7-18/h3-7,13-15,30H,1,8-12H2,2H3,(H2,27,31)(H2,28,33)/b20-15+. The number of nitrogens with zero attached hydrogens (tertiary/aromatic N) is 3. The van der Waals surface area contributed by atoms with Crippen molar-refractivity contribution in [1.82, 2.24) is 10.3 Å². The number of hydrogen-bond acceptors (Lipinski definition) is 5. The zero-order valence-corrected chi connectivity index (χ0v) is 18.5. The number of aliphatic imine (C=N–C) groups is 1. The molecule has 1 amide bonds. The van der Waals surface area contributed by atoms with Crippen LogP contribution in [0.5, 0.6) is 0 Å². The Morgan fingerprint density at radius 3 is 2.52 bits per heavy atom. The van der Waals surface area contributed by atoms with Crippen LogP contribution in [0, 0.1) is 18.7 Å². The fourth-order valence-corrected chi connectivity index (χ4v) is 3.80. The molecule has 5 N–H and O–H groups in total. The molecule has 0 atom stereocenters. The second kappa shape index (κ2) is 10.2. The molecule has 1 saturated heterocycles. The maximum Gasteiger partial charge on any atom is 0.253 e. The molecular weight excluding hydrogens is 426 g/mol. The lowest BCUT2D eigenvalue weighted by atomic mass is 9.84. The lowest BCUT2D eigenvalue weighted by Gasteiger charge is -2.42. The molecule has 3 rings (SSSR count). The van der Waals surface area contributed by atoms with Crippen molar-refractivity contribution in [2.45, 2.75) is 31.7 Å². The molecule has 1 aliphatic rings. The van der Waals surface area contributed by atoms with E-state index in [4.69, 9.17) is 11.5 Å². The maximum absolute atomic E-state index is 13.5. The molecule has 0 aliphatic carbocycles.